The number of likely N-dealkylation sites (N-methyl/N-ethyl adjacent to an activating group) is 1. The highest BCUT2D eigenvalue weighted by Crippen LogP contribution is 2.09. The van der Waals surface area contributed by atoms with Crippen LogP contribution in [-0.2, 0) is 0 Å². The topological polar surface area (TPSA) is 12.0 Å². The summed E-state index contributed by atoms with van der Waals surface area (Å²) < 4.78 is 0. The average Bonchev–Trinajstić information content (AvgIpc) is 1.99. The zero-order valence-electron chi connectivity index (χ0n) is 8.23. The van der Waals surface area contributed by atoms with Gasteiger partial charge in [-0.3, -0.25) is 0 Å². The molecule has 1 heteroatoms. The number of rotatable bonds is 3. The molecule has 0 aliphatic heterocycles. The zero-order chi connectivity index (χ0) is 8.85. The molecular formula is C10H19N. The summed E-state index contributed by atoms with van der Waals surface area (Å²) in [5, 5.41) is 3.12. The maximum atomic E-state index is 3.12. The van der Waals surface area contributed by atoms with Crippen LogP contribution < -0.4 is 5.32 Å². The summed E-state index contributed by atoms with van der Waals surface area (Å²) in [5.41, 5.74) is 2.60. The van der Waals surface area contributed by atoms with Crippen LogP contribution in [0.1, 0.15) is 27.7 Å². The summed E-state index contributed by atoms with van der Waals surface area (Å²) in [7, 11) is 1.94. The van der Waals surface area contributed by atoms with E-state index in [1.54, 1.807) is 0 Å². The molecule has 1 nitrogen and oxygen atoms in total. The molecule has 11 heavy (non-hydrogen) atoms. The largest absolute Gasteiger partial charge is 0.388 e. The fourth-order valence-electron chi connectivity index (χ4n) is 0.712. The van der Waals surface area contributed by atoms with E-state index in [1.807, 2.05) is 14.0 Å². The summed E-state index contributed by atoms with van der Waals surface area (Å²) in [6, 6.07) is 0. The van der Waals surface area contributed by atoms with Crippen LogP contribution in [-0.4, -0.2) is 7.05 Å². The van der Waals surface area contributed by atoms with E-state index in [-0.39, 0.29) is 0 Å². The molecular weight excluding hydrogens is 134 g/mol. The van der Waals surface area contributed by atoms with Crippen molar-refractivity contribution < 1.29 is 0 Å². The van der Waals surface area contributed by atoms with Crippen molar-refractivity contribution >= 4 is 0 Å². The van der Waals surface area contributed by atoms with Gasteiger partial charge < -0.3 is 5.32 Å². The van der Waals surface area contributed by atoms with Crippen molar-refractivity contribution in [2.24, 2.45) is 5.92 Å². The highest BCUT2D eigenvalue weighted by Gasteiger charge is 1.95. The highest BCUT2D eigenvalue weighted by atomic mass is 14.8. The molecule has 0 aliphatic rings. The molecule has 0 aromatic carbocycles. The summed E-state index contributed by atoms with van der Waals surface area (Å²) in [6.07, 6.45) is 4.26. The summed E-state index contributed by atoms with van der Waals surface area (Å²) in [4.78, 5) is 0. The predicted molar refractivity (Wildman–Crippen MR) is 51.4 cm³/mol. The van der Waals surface area contributed by atoms with Gasteiger partial charge in [-0.1, -0.05) is 25.5 Å². The lowest BCUT2D eigenvalue weighted by molar-refractivity contribution is 0.765. The van der Waals surface area contributed by atoms with Crippen molar-refractivity contribution in [2.75, 3.05) is 7.05 Å². The number of hydrogen-bond acceptors (Lipinski definition) is 1. The van der Waals surface area contributed by atoms with Crippen molar-refractivity contribution in [2.45, 2.75) is 27.7 Å². The van der Waals surface area contributed by atoms with E-state index < -0.39 is 0 Å². The zero-order valence-corrected chi connectivity index (χ0v) is 8.23. The van der Waals surface area contributed by atoms with Gasteiger partial charge in [0.25, 0.3) is 0 Å². The molecule has 0 amide bonds. The van der Waals surface area contributed by atoms with E-state index in [9.17, 15) is 0 Å². The van der Waals surface area contributed by atoms with Gasteiger partial charge in [0.15, 0.2) is 0 Å². The summed E-state index contributed by atoms with van der Waals surface area (Å²) in [5.74, 6) is 0.637. The second-order valence-corrected chi connectivity index (χ2v) is 3.04. The van der Waals surface area contributed by atoms with Crippen molar-refractivity contribution in [3.8, 4) is 0 Å². The Labute approximate surface area is 70.2 Å². The van der Waals surface area contributed by atoms with Crippen molar-refractivity contribution in [3.05, 3.63) is 23.4 Å². The van der Waals surface area contributed by atoms with Gasteiger partial charge in [0.05, 0.1) is 0 Å². The smallest absolute Gasteiger partial charge is 0.0293 e. The molecule has 0 fully saturated rings. The number of hydrogen-bond donors (Lipinski definition) is 1. The minimum atomic E-state index is 0.637. The van der Waals surface area contributed by atoms with Gasteiger partial charge in [0.1, 0.15) is 0 Å². The van der Waals surface area contributed by atoms with Crippen molar-refractivity contribution in [1.82, 2.24) is 5.32 Å². The monoisotopic (exact) mass is 153 g/mol. The van der Waals surface area contributed by atoms with E-state index in [4.69, 9.17) is 0 Å². The van der Waals surface area contributed by atoms with Crippen LogP contribution in [0.15, 0.2) is 23.4 Å². The quantitative estimate of drug-likeness (QED) is 0.615. The summed E-state index contributed by atoms with van der Waals surface area (Å²) in [6.45, 7) is 8.60. The van der Waals surface area contributed by atoms with Crippen LogP contribution in [0.3, 0.4) is 0 Å². The summed E-state index contributed by atoms with van der Waals surface area (Å²) >= 11 is 0. The molecule has 0 unspecified atom stereocenters. The lowest BCUT2D eigenvalue weighted by atomic mass is 10.0. The Bertz CT molecular complexity index is 164. The average molecular weight is 153 g/mol. The molecule has 0 radical (unpaired) electrons. The highest BCUT2D eigenvalue weighted by molar-refractivity contribution is 5.20. The Morgan fingerprint density at radius 2 is 1.91 bits per heavy atom. The third-order valence-electron chi connectivity index (χ3n) is 1.89. The van der Waals surface area contributed by atoms with Gasteiger partial charge in [-0.15, -0.1) is 0 Å². The SMILES string of the molecule is C/C=C(\C=C(/C)C(C)C)NC. The Kier molecular flexibility index (Phi) is 4.67. The fourth-order valence-corrected chi connectivity index (χ4v) is 0.712. The Morgan fingerprint density at radius 1 is 1.36 bits per heavy atom. The van der Waals surface area contributed by atoms with E-state index in [2.05, 4.69) is 38.2 Å². The molecule has 0 saturated carbocycles. The van der Waals surface area contributed by atoms with Crippen molar-refractivity contribution in [3.63, 3.8) is 0 Å². The minimum absolute atomic E-state index is 0.637. The molecule has 0 rings (SSSR count). The molecule has 1 N–H and O–H groups in total. The van der Waals surface area contributed by atoms with Gasteiger partial charge in [0, 0.05) is 12.7 Å². The molecule has 0 spiro atoms. The maximum Gasteiger partial charge on any atom is 0.0293 e. The number of nitrogens with one attached hydrogen (secondary N) is 1. The van der Waals surface area contributed by atoms with Crippen LogP contribution in [0.5, 0.6) is 0 Å². The van der Waals surface area contributed by atoms with Gasteiger partial charge >= 0.3 is 0 Å². The Hall–Kier alpha value is -0.720. The second-order valence-electron chi connectivity index (χ2n) is 3.04. The van der Waals surface area contributed by atoms with Crippen molar-refractivity contribution in [1.29, 1.82) is 0 Å². The van der Waals surface area contributed by atoms with Crippen LogP contribution in [0, 0.1) is 5.92 Å². The third-order valence-corrected chi connectivity index (χ3v) is 1.89. The van der Waals surface area contributed by atoms with E-state index >= 15 is 0 Å². The molecule has 0 atom stereocenters. The van der Waals surface area contributed by atoms with Crippen LogP contribution in [0.25, 0.3) is 0 Å². The number of allylic oxidation sites excluding steroid dienone is 3. The lowest BCUT2D eigenvalue weighted by Gasteiger charge is -2.06. The van der Waals surface area contributed by atoms with E-state index in [0.717, 1.165) is 0 Å². The normalized spacial score (nSPS) is 14.0. The second kappa shape index (κ2) is 5.00. The predicted octanol–water partition coefficient (Wildman–Crippen LogP) is 2.71. The molecule has 0 aromatic heterocycles. The Morgan fingerprint density at radius 3 is 2.18 bits per heavy atom. The van der Waals surface area contributed by atoms with Gasteiger partial charge in [-0.2, -0.15) is 0 Å². The van der Waals surface area contributed by atoms with Crippen LogP contribution >= 0.6 is 0 Å². The minimum Gasteiger partial charge on any atom is -0.388 e. The Balaban J connectivity index is 4.28. The lowest BCUT2D eigenvalue weighted by Crippen LogP contribution is -2.04. The van der Waals surface area contributed by atoms with Gasteiger partial charge in [-0.05, 0) is 25.8 Å². The van der Waals surface area contributed by atoms with E-state index in [0.29, 0.717) is 5.92 Å². The molecule has 0 aromatic rings. The first-order chi connectivity index (χ1) is 5.11. The molecule has 0 saturated heterocycles. The molecule has 0 aliphatic carbocycles. The van der Waals surface area contributed by atoms with Crippen LogP contribution in [0.4, 0.5) is 0 Å². The van der Waals surface area contributed by atoms with Crippen LogP contribution in [0.2, 0.25) is 0 Å². The van der Waals surface area contributed by atoms with Gasteiger partial charge in [-0.25, -0.2) is 0 Å². The standard InChI is InChI=1S/C10H19N/c1-6-10(11-5)7-9(4)8(2)3/h6-8,11H,1-5H3/b9-7+,10-6+. The third kappa shape index (κ3) is 3.87. The fraction of sp³-hybridized carbons (Fsp3) is 0.600. The van der Waals surface area contributed by atoms with E-state index in [1.165, 1.54) is 11.3 Å². The first kappa shape index (κ1) is 10.3. The maximum absolute atomic E-state index is 3.12. The first-order valence-electron chi connectivity index (χ1n) is 4.14. The first-order valence-corrected chi connectivity index (χ1v) is 4.14. The molecule has 64 valence electrons. The van der Waals surface area contributed by atoms with Gasteiger partial charge in [0.2, 0.25) is 0 Å². The molecule has 0 heterocycles. The molecule has 0 bridgehead atoms.